The van der Waals surface area contributed by atoms with Gasteiger partial charge in [-0.05, 0) is 43.4 Å². The molecule has 1 aromatic carbocycles. The zero-order valence-electron chi connectivity index (χ0n) is 20.5. The molecule has 0 saturated heterocycles. The molecule has 38 heavy (non-hydrogen) atoms. The normalized spacial score (nSPS) is 13.1. The molecular formula is C23H27F4N5O4S2. The van der Waals surface area contributed by atoms with Crippen molar-refractivity contribution in [2.75, 3.05) is 13.1 Å². The van der Waals surface area contributed by atoms with Gasteiger partial charge in [-0.3, -0.25) is 14.0 Å². The Labute approximate surface area is 220 Å². The predicted molar refractivity (Wildman–Crippen MR) is 133 cm³/mol. The summed E-state index contributed by atoms with van der Waals surface area (Å²) >= 11 is 1.37. The first-order chi connectivity index (χ1) is 17.8. The van der Waals surface area contributed by atoms with Crippen LogP contribution < -0.4 is 15.4 Å². The lowest BCUT2D eigenvalue weighted by molar-refractivity contribution is -0.140. The first-order valence-electron chi connectivity index (χ1n) is 11.6. The quantitative estimate of drug-likeness (QED) is 0.225. The van der Waals surface area contributed by atoms with Crippen molar-refractivity contribution in [2.24, 2.45) is 5.92 Å². The molecule has 0 aliphatic rings. The predicted octanol–water partition coefficient (Wildman–Crippen LogP) is 3.57. The molecule has 1 atom stereocenters. The van der Waals surface area contributed by atoms with Gasteiger partial charge in [0.2, 0.25) is 15.9 Å². The van der Waals surface area contributed by atoms with Crippen molar-refractivity contribution in [2.45, 2.75) is 50.2 Å². The number of carbonyl (C=O) groups excluding carboxylic acids is 2. The lowest BCUT2D eigenvalue weighted by Gasteiger charge is -2.19. The Morgan fingerprint density at radius 3 is 2.53 bits per heavy atom. The summed E-state index contributed by atoms with van der Waals surface area (Å²) in [5.74, 6) is -2.02. The van der Waals surface area contributed by atoms with Gasteiger partial charge >= 0.3 is 6.18 Å². The molecule has 0 aliphatic heterocycles. The number of hydrogen-bond acceptors (Lipinski definition) is 6. The van der Waals surface area contributed by atoms with Crippen LogP contribution in [-0.4, -0.2) is 48.7 Å². The number of sulfonamides is 1. The molecule has 3 rings (SSSR count). The van der Waals surface area contributed by atoms with Gasteiger partial charge in [-0.25, -0.2) is 22.5 Å². The van der Waals surface area contributed by atoms with E-state index < -0.39 is 50.3 Å². The first-order valence-corrected chi connectivity index (χ1v) is 14.0. The highest BCUT2D eigenvalue weighted by Gasteiger charge is 2.37. The lowest BCUT2D eigenvalue weighted by Crippen LogP contribution is -2.47. The molecule has 208 valence electrons. The van der Waals surface area contributed by atoms with Crippen LogP contribution in [0.25, 0.3) is 4.96 Å². The number of amides is 2. The molecule has 0 radical (unpaired) electrons. The Kier molecular flexibility index (Phi) is 9.49. The van der Waals surface area contributed by atoms with E-state index in [1.165, 1.54) is 11.3 Å². The van der Waals surface area contributed by atoms with E-state index >= 15 is 0 Å². The maximum atomic E-state index is 13.3. The second kappa shape index (κ2) is 12.2. The SMILES string of the molecule is CC(C)C[C@H](NC(=O)c1cn2ccsc2n1)C(=O)NCCCCNS(=O)(=O)c1ccc(F)cc1C(F)(F)F. The van der Waals surface area contributed by atoms with Gasteiger partial charge in [0.25, 0.3) is 5.91 Å². The van der Waals surface area contributed by atoms with Crippen molar-refractivity contribution in [3.63, 3.8) is 0 Å². The number of nitrogens with zero attached hydrogens (tertiary/aromatic N) is 2. The number of thiazole rings is 1. The minimum absolute atomic E-state index is 0.0963. The van der Waals surface area contributed by atoms with E-state index in [9.17, 15) is 35.6 Å². The minimum atomic E-state index is -5.05. The molecule has 0 fully saturated rings. The van der Waals surface area contributed by atoms with Crippen LogP contribution in [0.2, 0.25) is 0 Å². The second-order valence-electron chi connectivity index (χ2n) is 8.91. The Morgan fingerprint density at radius 2 is 1.87 bits per heavy atom. The topological polar surface area (TPSA) is 122 Å². The smallest absolute Gasteiger partial charge is 0.354 e. The zero-order valence-corrected chi connectivity index (χ0v) is 22.1. The standard InChI is InChI=1S/C23H27F4N5O4S2/c1-14(2)11-17(30-21(34)18-13-32-9-10-37-22(32)31-18)20(33)28-7-3-4-8-29-38(35,36)19-6-5-15(24)12-16(19)23(25,26)27/h5-6,9-10,12-14,17,29H,3-4,7-8,11H2,1-2H3,(H,28,33)(H,30,34)/t17-/m0/s1. The number of nitrogens with one attached hydrogen (secondary N) is 3. The van der Waals surface area contributed by atoms with E-state index in [-0.39, 0.29) is 37.2 Å². The van der Waals surface area contributed by atoms with Crippen LogP contribution in [0.3, 0.4) is 0 Å². The number of unbranched alkanes of at least 4 members (excludes halogenated alkanes) is 1. The lowest BCUT2D eigenvalue weighted by atomic mass is 10.0. The Hall–Kier alpha value is -3.04. The molecule has 0 spiro atoms. The van der Waals surface area contributed by atoms with Crippen molar-refractivity contribution in [3.8, 4) is 0 Å². The van der Waals surface area contributed by atoms with Crippen molar-refractivity contribution < 1.29 is 35.6 Å². The molecular weight excluding hydrogens is 550 g/mol. The van der Waals surface area contributed by atoms with Gasteiger partial charge in [-0.1, -0.05) is 13.8 Å². The summed E-state index contributed by atoms with van der Waals surface area (Å²) in [4.78, 5) is 29.1. The molecule has 2 heterocycles. The number of benzene rings is 1. The maximum Gasteiger partial charge on any atom is 0.417 e. The molecule has 0 bridgehead atoms. The molecule has 3 N–H and O–H groups in total. The second-order valence-corrected chi connectivity index (χ2v) is 11.5. The summed E-state index contributed by atoms with van der Waals surface area (Å²) in [6.45, 7) is 3.75. The van der Waals surface area contributed by atoms with Crippen LogP contribution in [0.5, 0.6) is 0 Å². The van der Waals surface area contributed by atoms with Crippen LogP contribution >= 0.6 is 11.3 Å². The van der Waals surface area contributed by atoms with Gasteiger partial charge in [0, 0.05) is 30.9 Å². The summed E-state index contributed by atoms with van der Waals surface area (Å²) in [6.07, 6.45) is -0.837. The van der Waals surface area contributed by atoms with E-state index in [1.54, 1.807) is 16.8 Å². The third-order valence-corrected chi connectivity index (χ3v) is 7.68. The van der Waals surface area contributed by atoms with E-state index in [4.69, 9.17) is 0 Å². The van der Waals surface area contributed by atoms with E-state index in [0.29, 0.717) is 29.9 Å². The van der Waals surface area contributed by atoms with Crippen LogP contribution in [0.4, 0.5) is 17.6 Å². The van der Waals surface area contributed by atoms with Crippen LogP contribution in [-0.2, 0) is 21.0 Å². The zero-order chi connectivity index (χ0) is 28.1. The van der Waals surface area contributed by atoms with Gasteiger partial charge in [-0.15, -0.1) is 11.3 Å². The number of rotatable bonds is 12. The van der Waals surface area contributed by atoms with Gasteiger partial charge in [-0.2, -0.15) is 13.2 Å². The number of hydrogen-bond donors (Lipinski definition) is 3. The number of imidazole rings is 1. The number of aromatic nitrogens is 2. The van der Waals surface area contributed by atoms with Crippen molar-refractivity contribution in [1.29, 1.82) is 0 Å². The summed E-state index contributed by atoms with van der Waals surface area (Å²) in [7, 11) is -4.55. The summed E-state index contributed by atoms with van der Waals surface area (Å²) in [5, 5.41) is 7.21. The van der Waals surface area contributed by atoms with E-state index in [0.717, 1.165) is 0 Å². The van der Waals surface area contributed by atoms with Gasteiger partial charge in [0.15, 0.2) is 4.96 Å². The first kappa shape index (κ1) is 29.5. The minimum Gasteiger partial charge on any atom is -0.354 e. The van der Waals surface area contributed by atoms with Crippen LogP contribution in [0.1, 0.15) is 49.2 Å². The fourth-order valence-corrected chi connectivity index (χ4v) is 5.58. The Bertz CT molecular complexity index is 1360. The largest absolute Gasteiger partial charge is 0.417 e. The van der Waals surface area contributed by atoms with E-state index in [2.05, 4.69) is 20.3 Å². The molecule has 3 aromatic rings. The number of carbonyl (C=O) groups is 2. The van der Waals surface area contributed by atoms with Crippen LogP contribution in [0.15, 0.2) is 40.9 Å². The van der Waals surface area contributed by atoms with Crippen molar-refractivity contribution in [1.82, 2.24) is 24.7 Å². The fourth-order valence-electron chi connectivity index (χ4n) is 3.60. The third-order valence-electron chi connectivity index (χ3n) is 5.39. The molecule has 0 aliphatic carbocycles. The third kappa shape index (κ3) is 7.74. The van der Waals surface area contributed by atoms with Crippen molar-refractivity contribution >= 4 is 38.1 Å². The molecule has 15 heteroatoms. The summed E-state index contributed by atoms with van der Waals surface area (Å²) in [6, 6.07) is 0.518. The molecule has 0 saturated carbocycles. The Morgan fingerprint density at radius 1 is 1.16 bits per heavy atom. The molecule has 2 amide bonds. The average Bonchev–Trinajstić information content (AvgIpc) is 3.42. The Balaban J connectivity index is 1.49. The fraction of sp³-hybridized carbons (Fsp3) is 0.435. The highest BCUT2D eigenvalue weighted by molar-refractivity contribution is 7.89. The monoisotopic (exact) mass is 577 g/mol. The maximum absolute atomic E-state index is 13.3. The number of alkyl halides is 3. The molecule has 9 nitrogen and oxygen atoms in total. The average molecular weight is 578 g/mol. The molecule has 2 aromatic heterocycles. The number of halogens is 4. The molecule has 0 unspecified atom stereocenters. The van der Waals surface area contributed by atoms with Gasteiger partial charge < -0.3 is 10.6 Å². The highest BCUT2D eigenvalue weighted by atomic mass is 32.2. The summed E-state index contributed by atoms with van der Waals surface area (Å²) in [5.41, 5.74) is -1.41. The highest BCUT2D eigenvalue weighted by Crippen LogP contribution is 2.34. The number of fused-ring (bicyclic) bond motifs is 1. The van der Waals surface area contributed by atoms with Crippen LogP contribution in [0, 0.1) is 11.7 Å². The summed E-state index contributed by atoms with van der Waals surface area (Å²) < 4.78 is 81.2. The van der Waals surface area contributed by atoms with Gasteiger partial charge in [0.1, 0.15) is 17.6 Å². The van der Waals surface area contributed by atoms with E-state index in [1.807, 2.05) is 19.2 Å². The van der Waals surface area contributed by atoms with Gasteiger partial charge in [0.05, 0.1) is 10.5 Å². The van der Waals surface area contributed by atoms with Crippen molar-refractivity contribution in [3.05, 3.63) is 53.0 Å².